The van der Waals surface area contributed by atoms with E-state index in [0.717, 1.165) is 11.3 Å². The number of hydrogen-bond acceptors (Lipinski definition) is 6. The molecule has 0 spiro atoms. The van der Waals surface area contributed by atoms with Gasteiger partial charge in [0.05, 0.1) is 26.0 Å². The van der Waals surface area contributed by atoms with Crippen molar-refractivity contribution in [3.8, 4) is 22.9 Å². The van der Waals surface area contributed by atoms with Gasteiger partial charge in [0, 0.05) is 17.2 Å². The molecule has 0 saturated carbocycles. The molecule has 0 aliphatic carbocycles. The smallest absolute Gasteiger partial charge is 0.347 e. The summed E-state index contributed by atoms with van der Waals surface area (Å²) in [5.74, 6) is -1.02. The number of ether oxygens (including phenoxy) is 2. The van der Waals surface area contributed by atoms with Gasteiger partial charge in [-0.3, -0.25) is 4.79 Å². The van der Waals surface area contributed by atoms with Crippen LogP contribution in [0.3, 0.4) is 0 Å². The van der Waals surface area contributed by atoms with Crippen LogP contribution in [0.5, 0.6) is 11.5 Å². The highest BCUT2D eigenvalue weighted by Gasteiger charge is 2.33. The third-order valence-electron chi connectivity index (χ3n) is 5.25. The van der Waals surface area contributed by atoms with E-state index in [1.807, 2.05) is 56.3 Å². The number of aryl methyl sites for hydroxylation is 1. The molecule has 0 fully saturated rings. The number of methoxy groups -OCH3 is 1. The van der Waals surface area contributed by atoms with Crippen molar-refractivity contribution < 1.29 is 19.4 Å². The molecule has 154 valence electrons. The van der Waals surface area contributed by atoms with E-state index < -0.39 is 11.5 Å². The summed E-state index contributed by atoms with van der Waals surface area (Å²) >= 11 is 0. The average Bonchev–Trinajstić information content (AvgIpc) is 2.88. The van der Waals surface area contributed by atoms with Crippen LogP contribution in [-0.4, -0.2) is 34.3 Å². The number of fused-ring (bicyclic) bond motifs is 3. The number of nitrogens with zero attached hydrogens (tertiary/aromatic N) is 2. The summed E-state index contributed by atoms with van der Waals surface area (Å²) in [6.07, 6.45) is 0. The summed E-state index contributed by atoms with van der Waals surface area (Å²) in [5, 5.41) is 11.0. The van der Waals surface area contributed by atoms with Gasteiger partial charge in [0.15, 0.2) is 5.56 Å². The number of pyridine rings is 2. The highest BCUT2D eigenvalue weighted by atomic mass is 16.5. The second-order valence-corrected chi connectivity index (χ2v) is 7.37. The molecule has 1 aromatic carbocycles. The van der Waals surface area contributed by atoms with Gasteiger partial charge < -0.3 is 19.1 Å². The molecule has 7 heteroatoms. The lowest BCUT2D eigenvalue weighted by Gasteiger charge is -2.21. The topological polar surface area (TPSA) is 90.7 Å². The van der Waals surface area contributed by atoms with Gasteiger partial charge in [0.2, 0.25) is 0 Å². The number of carbonyl (C=O) groups is 1. The van der Waals surface area contributed by atoms with Gasteiger partial charge >= 0.3 is 5.97 Å². The van der Waals surface area contributed by atoms with Crippen LogP contribution in [0.25, 0.3) is 11.4 Å². The zero-order valence-corrected chi connectivity index (χ0v) is 17.0. The molecule has 30 heavy (non-hydrogen) atoms. The van der Waals surface area contributed by atoms with E-state index in [1.165, 1.54) is 11.7 Å². The van der Waals surface area contributed by atoms with Gasteiger partial charge in [0.25, 0.3) is 5.56 Å². The summed E-state index contributed by atoms with van der Waals surface area (Å²) in [6.45, 7) is 4.18. The summed E-state index contributed by atoms with van der Waals surface area (Å²) in [7, 11) is 1.18. The normalized spacial score (nSPS) is 14.8. The second-order valence-electron chi connectivity index (χ2n) is 7.37. The van der Waals surface area contributed by atoms with Crippen LogP contribution in [0.4, 0.5) is 0 Å². The van der Waals surface area contributed by atoms with E-state index in [2.05, 4.69) is 4.98 Å². The van der Waals surface area contributed by atoms with Crippen molar-refractivity contribution in [3.63, 3.8) is 0 Å². The molecular weight excluding hydrogens is 384 g/mol. The van der Waals surface area contributed by atoms with Gasteiger partial charge in [-0.2, -0.15) is 0 Å². The van der Waals surface area contributed by atoms with Crippen molar-refractivity contribution in [2.45, 2.75) is 26.3 Å². The van der Waals surface area contributed by atoms with Crippen LogP contribution in [0, 0.1) is 6.92 Å². The van der Waals surface area contributed by atoms with Gasteiger partial charge in [-0.1, -0.05) is 37.3 Å². The van der Waals surface area contributed by atoms with Gasteiger partial charge in [-0.15, -0.1) is 0 Å². The molecule has 3 heterocycles. The van der Waals surface area contributed by atoms with E-state index in [0.29, 0.717) is 22.7 Å². The molecule has 4 rings (SSSR count). The van der Waals surface area contributed by atoms with Crippen LogP contribution < -0.4 is 10.3 Å². The summed E-state index contributed by atoms with van der Waals surface area (Å²) in [6, 6.07) is 13.1. The Morgan fingerprint density at radius 3 is 2.70 bits per heavy atom. The quantitative estimate of drug-likeness (QED) is 0.672. The predicted molar refractivity (Wildman–Crippen MR) is 111 cm³/mol. The Kier molecular flexibility index (Phi) is 5.03. The molecule has 1 aliphatic heterocycles. The lowest BCUT2D eigenvalue weighted by Crippen LogP contribution is -2.30. The van der Waals surface area contributed by atoms with Crippen molar-refractivity contribution in [1.82, 2.24) is 9.55 Å². The van der Waals surface area contributed by atoms with E-state index in [1.54, 1.807) is 0 Å². The third-order valence-corrected chi connectivity index (χ3v) is 5.25. The van der Waals surface area contributed by atoms with Crippen molar-refractivity contribution >= 4 is 5.97 Å². The minimum absolute atomic E-state index is 0.202. The Morgan fingerprint density at radius 1 is 1.27 bits per heavy atom. The highest BCUT2D eigenvalue weighted by Crippen LogP contribution is 2.42. The van der Waals surface area contributed by atoms with Crippen molar-refractivity contribution in [2.75, 3.05) is 13.7 Å². The van der Waals surface area contributed by atoms with E-state index >= 15 is 0 Å². The maximum atomic E-state index is 13.4. The maximum absolute atomic E-state index is 13.4. The number of hydrogen-bond donors (Lipinski definition) is 1. The molecule has 0 radical (unpaired) electrons. The fourth-order valence-electron chi connectivity index (χ4n) is 3.78. The van der Waals surface area contributed by atoms with E-state index in [-0.39, 0.29) is 30.4 Å². The summed E-state index contributed by atoms with van der Waals surface area (Å²) in [5.41, 5.74) is 1.97. The number of benzene rings is 1. The van der Waals surface area contributed by atoms with Crippen LogP contribution in [-0.2, 0) is 11.3 Å². The van der Waals surface area contributed by atoms with Crippen molar-refractivity contribution in [1.29, 1.82) is 0 Å². The molecule has 0 amide bonds. The Morgan fingerprint density at radius 2 is 2.00 bits per heavy atom. The zero-order valence-electron chi connectivity index (χ0n) is 17.0. The van der Waals surface area contributed by atoms with Crippen molar-refractivity contribution in [3.05, 3.63) is 75.2 Å². The molecule has 2 aromatic heterocycles. The molecular formula is C23H22N2O5. The largest absolute Gasteiger partial charge is 0.506 e. The highest BCUT2D eigenvalue weighted by molar-refractivity contribution is 5.93. The number of rotatable bonds is 3. The minimum atomic E-state index is -0.878. The Labute approximate surface area is 173 Å². The van der Waals surface area contributed by atoms with Crippen molar-refractivity contribution in [2.24, 2.45) is 0 Å². The molecule has 1 aliphatic rings. The third kappa shape index (κ3) is 3.22. The first-order chi connectivity index (χ1) is 14.4. The zero-order chi connectivity index (χ0) is 21.4. The molecule has 1 atom stereocenters. The molecule has 1 N–H and O–H groups in total. The second kappa shape index (κ2) is 7.67. The lowest BCUT2D eigenvalue weighted by molar-refractivity contribution is 0.0594. The van der Waals surface area contributed by atoms with Crippen LogP contribution >= 0.6 is 0 Å². The van der Waals surface area contributed by atoms with E-state index in [9.17, 15) is 14.7 Å². The van der Waals surface area contributed by atoms with Crippen LogP contribution in [0.1, 0.15) is 40.0 Å². The van der Waals surface area contributed by atoms with Gasteiger partial charge in [-0.25, -0.2) is 9.78 Å². The number of aromatic nitrogens is 2. The number of esters is 1. The SMILES string of the molecule is COC(=O)c1c(O)c2c(n(Cc3ccccc3)c1=O)-c1nc(C)ccc1OCC2C. The minimum Gasteiger partial charge on any atom is -0.506 e. The lowest BCUT2D eigenvalue weighted by atomic mass is 9.94. The Hall–Kier alpha value is -3.61. The van der Waals surface area contributed by atoms with E-state index in [4.69, 9.17) is 9.47 Å². The monoisotopic (exact) mass is 406 g/mol. The fraction of sp³-hybridized carbons (Fsp3) is 0.261. The van der Waals surface area contributed by atoms with Crippen LogP contribution in [0.2, 0.25) is 0 Å². The summed E-state index contributed by atoms with van der Waals surface area (Å²) < 4.78 is 12.2. The summed E-state index contributed by atoms with van der Waals surface area (Å²) in [4.78, 5) is 30.4. The van der Waals surface area contributed by atoms with Crippen LogP contribution in [0.15, 0.2) is 47.3 Å². The Balaban J connectivity index is 2.12. The van der Waals surface area contributed by atoms with Gasteiger partial charge in [-0.05, 0) is 24.6 Å². The molecule has 0 saturated heterocycles. The standard InChI is InChI=1S/C23H22N2O5/c1-13-12-30-16-10-9-14(2)24-19(16)20-17(13)21(26)18(23(28)29-3)22(27)25(20)11-15-7-5-4-6-8-15/h4-10,13,26H,11-12H2,1-3H3. The molecule has 1 unspecified atom stereocenters. The first-order valence-electron chi connectivity index (χ1n) is 9.65. The first-order valence-corrected chi connectivity index (χ1v) is 9.65. The number of carbonyl (C=O) groups excluding carboxylic acids is 1. The van der Waals surface area contributed by atoms with Gasteiger partial charge in [0.1, 0.15) is 17.2 Å². The maximum Gasteiger partial charge on any atom is 0.347 e. The molecule has 3 aromatic rings. The first kappa shape index (κ1) is 19.7. The fourth-order valence-corrected chi connectivity index (χ4v) is 3.78. The average molecular weight is 406 g/mol. The predicted octanol–water partition coefficient (Wildman–Crippen LogP) is 3.26. The Bertz CT molecular complexity index is 1180. The molecule has 7 nitrogen and oxygen atoms in total. The number of aromatic hydroxyl groups is 1. The molecule has 0 bridgehead atoms.